The molecule has 1 fully saturated rings. The number of nitrogens with one attached hydrogen (secondary N) is 1. The van der Waals surface area contributed by atoms with Crippen LogP contribution in [0.3, 0.4) is 0 Å². The zero-order valence-electron chi connectivity index (χ0n) is 15.4. The topological polar surface area (TPSA) is 87.5 Å². The van der Waals surface area contributed by atoms with Crippen LogP contribution in [-0.2, 0) is 4.79 Å². The van der Waals surface area contributed by atoms with E-state index >= 15 is 0 Å². The molecule has 3 rings (SSSR count). The number of hydrogen-bond acceptors (Lipinski definition) is 4. The molecule has 1 amide bonds. The lowest BCUT2D eigenvalue weighted by Gasteiger charge is -2.42. The number of carboxylic acids is 1. The van der Waals surface area contributed by atoms with Crippen molar-refractivity contribution >= 4 is 11.9 Å². The third kappa shape index (κ3) is 4.16. The van der Waals surface area contributed by atoms with Crippen LogP contribution >= 0.6 is 0 Å². The minimum absolute atomic E-state index is 0.0192. The zero-order chi connectivity index (χ0) is 19.6. The lowest BCUT2D eigenvalue weighted by atomic mass is 9.85. The van der Waals surface area contributed by atoms with Gasteiger partial charge in [-0.2, -0.15) is 5.10 Å². The summed E-state index contributed by atoms with van der Waals surface area (Å²) >= 11 is 0. The maximum absolute atomic E-state index is 13.1. The lowest BCUT2D eigenvalue weighted by molar-refractivity contribution is -0.139. The summed E-state index contributed by atoms with van der Waals surface area (Å²) in [5, 5.41) is 16.2. The summed E-state index contributed by atoms with van der Waals surface area (Å²) in [6.07, 6.45) is 2.98. The van der Waals surface area contributed by atoms with Crippen molar-refractivity contribution in [1.82, 2.24) is 20.0 Å². The molecule has 0 bridgehead atoms. The molecule has 0 unspecified atom stereocenters. The Morgan fingerprint density at radius 1 is 1.33 bits per heavy atom. The Bertz CT molecular complexity index is 828. The average molecular weight is 374 g/mol. The zero-order valence-corrected chi connectivity index (χ0v) is 15.4. The monoisotopic (exact) mass is 374 g/mol. The smallest absolute Gasteiger partial charge is 0.317 e. The third-order valence-corrected chi connectivity index (χ3v) is 5.03. The van der Waals surface area contributed by atoms with Crippen LogP contribution in [0.1, 0.15) is 35.8 Å². The normalized spacial score (nSPS) is 19.0. The summed E-state index contributed by atoms with van der Waals surface area (Å²) in [5.74, 6) is -1.37. The van der Waals surface area contributed by atoms with Gasteiger partial charge in [0.15, 0.2) is 0 Å². The number of hydrogen-bond donors (Lipinski definition) is 2. The SMILES string of the molecule is CCN(CC(=O)O)C1CC(NC(=O)c2cnn(-c3ccc(F)cc3)c2C)C1. The van der Waals surface area contributed by atoms with Crippen molar-refractivity contribution in [3.05, 3.63) is 47.5 Å². The van der Waals surface area contributed by atoms with Crippen LogP contribution < -0.4 is 5.32 Å². The third-order valence-electron chi connectivity index (χ3n) is 5.03. The number of amides is 1. The molecule has 7 nitrogen and oxygen atoms in total. The number of carbonyl (C=O) groups is 2. The minimum atomic E-state index is -0.840. The molecule has 2 N–H and O–H groups in total. The summed E-state index contributed by atoms with van der Waals surface area (Å²) in [4.78, 5) is 25.4. The first-order valence-electron chi connectivity index (χ1n) is 8.96. The molecular weight excluding hydrogens is 351 g/mol. The first kappa shape index (κ1) is 19.0. The molecular formula is C19H23FN4O3. The van der Waals surface area contributed by atoms with Crippen molar-refractivity contribution in [2.75, 3.05) is 13.1 Å². The highest BCUT2D eigenvalue weighted by Crippen LogP contribution is 2.26. The number of aliphatic carboxylic acids is 1. The molecule has 0 radical (unpaired) electrons. The Kier molecular flexibility index (Phi) is 5.55. The lowest BCUT2D eigenvalue weighted by Crippen LogP contribution is -2.54. The molecule has 1 saturated carbocycles. The van der Waals surface area contributed by atoms with E-state index in [4.69, 9.17) is 5.11 Å². The summed E-state index contributed by atoms with van der Waals surface area (Å²) in [6, 6.07) is 6.12. The van der Waals surface area contributed by atoms with Gasteiger partial charge in [0.25, 0.3) is 5.91 Å². The van der Waals surface area contributed by atoms with Crippen molar-refractivity contribution in [2.24, 2.45) is 0 Å². The van der Waals surface area contributed by atoms with E-state index in [1.165, 1.54) is 18.3 Å². The van der Waals surface area contributed by atoms with Crippen LogP contribution in [0.5, 0.6) is 0 Å². The second-order valence-electron chi connectivity index (χ2n) is 6.78. The second kappa shape index (κ2) is 7.87. The van der Waals surface area contributed by atoms with Gasteiger partial charge in [-0.15, -0.1) is 0 Å². The van der Waals surface area contributed by atoms with Crippen LogP contribution in [0.4, 0.5) is 4.39 Å². The Morgan fingerprint density at radius 2 is 2.00 bits per heavy atom. The highest BCUT2D eigenvalue weighted by molar-refractivity contribution is 5.95. The first-order chi connectivity index (χ1) is 12.9. The van der Waals surface area contributed by atoms with Gasteiger partial charge < -0.3 is 10.4 Å². The van der Waals surface area contributed by atoms with Crippen LogP contribution in [0.25, 0.3) is 5.69 Å². The van der Waals surface area contributed by atoms with Crippen LogP contribution in [0.15, 0.2) is 30.5 Å². The largest absolute Gasteiger partial charge is 0.480 e. The van der Waals surface area contributed by atoms with E-state index in [9.17, 15) is 14.0 Å². The number of likely N-dealkylation sites (N-methyl/N-ethyl adjacent to an activating group) is 1. The van der Waals surface area contributed by atoms with E-state index in [2.05, 4.69) is 10.4 Å². The van der Waals surface area contributed by atoms with E-state index < -0.39 is 5.97 Å². The number of rotatable bonds is 7. The first-order valence-corrected chi connectivity index (χ1v) is 8.96. The van der Waals surface area contributed by atoms with E-state index in [0.29, 0.717) is 23.5 Å². The van der Waals surface area contributed by atoms with Crippen molar-refractivity contribution in [1.29, 1.82) is 0 Å². The van der Waals surface area contributed by atoms with Gasteiger partial charge in [-0.25, -0.2) is 9.07 Å². The summed E-state index contributed by atoms with van der Waals surface area (Å²) in [6.45, 7) is 4.41. The Balaban J connectivity index is 1.60. The van der Waals surface area contributed by atoms with Gasteiger partial charge in [0.1, 0.15) is 5.82 Å². The van der Waals surface area contributed by atoms with Gasteiger partial charge in [-0.3, -0.25) is 14.5 Å². The van der Waals surface area contributed by atoms with E-state index in [1.54, 1.807) is 23.7 Å². The summed E-state index contributed by atoms with van der Waals surface area (Å²) in [5.41, 5.74) is 1.83. The number of carbonyl (C=O) groups excluding carboxylic acids is 1. The van der Waals surface area contributed by atoms with Gasteiger partial charge in [-0.05, 0) is 50.6 Å². The fraction of sp³-hybridized carbons (Fsp3) is 0.421. The maximum atomic E-state index is 13.1. The van der Waals surface area contributed by atoms with Crippen molar-refractivity contribution in [3.8, 4) is 5.69 Å². The fourth-order valence-electron chi connectivity index (χ4n) is 3.41. The highest BCUT2D eigenvalue weighted by atomic mass is 19.1. The Morgan fingerprint density at radius 3 is 2.59 bits per heavy atom. The van der Waals surface area contributed by atoms with Crippen molar-refractivity contribution < 1.29 is 19.1 Å². The predicted molar refractivity (Wildman–Crippen MR) is 97.4 cm³/mol. The van der Waals surface area contributed by atoms with Gasteiger partial charge in [0.05, 0.1) is 29.7 Å². The minimum Gasteiger partial charge on any atom is -0.480 e. The number of carboxylic acid groups (broad SMARTS) is 1. The van der Waals surface area contributed by atoms with Gasteiger partial charge in [0, 0.05) is 12.1 Å². The summed E-state index contributed by atoms with van der Waals surface area (Å²) < 4.78 is 14.7. The van der Waals surface area contributed by atoms with Crippen molar-refractivity contribution in [2.45, 2.75) is 38.8 Å². The van der Waals surface area contributed by atoms with Gasteiger partial charge in [-0.1, -0.05) is 6.92 Å². The fourth-order valence-corrected chi connectivity index (χ4v) is 3.41. The molecule has 1 aromatic carbocycles. The predicted octanol–water partition coefficient (Wildman–Crippen LogP) is 1.99. The van der Waals surface area contributed by atoms with Crippen LogP contribution in [0, 0.1) is 12.7 Å². The van der Waals surface area contributed by atoms with Gasteiger partial charge in [0.2, 0.25) is 0 Å². The van der Waals surface area contributed by atoms with Crippen molar-refractivity contribution in [3.63, 3.8) is 0 Å². The molecule has 144 valence electrons. The van der Waals surface area contributed by atoms with E-state index in [-0.39, 0.29) is 30.4 Å². The molecule has 0 saturated heterocycles. The standard InChI is InChI=1S/C19H23FN4O3/c1-3-23(11-18(25)26)16-8-14(9-16)22-19(27)17-10-21-24(12(17)2)15-6-4-13(20)5-7-15/h4-7,10,14,16H,3,8-9,11H2,1-2H3,(H,22,27)(H,25,26). The number of aromatic nitrogens is 2. The number of halogens is 1. The number of benzene rings is 1. The van der Waals surface area contributed by atoms with Gasteiger partial charge >= 0.3 is 5.97 Å². The molecule has 2 aromatic rings. The Labute approximate surface area is 156 Å². The number of nitrogens with zero attached hydrogens (tertiary/aromatic N) is 3. The van der Waals surface area contributed by atoms with Crippen LogP contribution in [-0.4, -0.2) is 56.8 Å². The molecule has 1 heterocycles. The Hall–Kier alpha value is -2.74. The molecule has 27 heavy (non-hydrogen) atoms. The molecule has 0 atom stereocenters. The summed E-state index contributed by atoms with van der Waals surface area (Å²) in [7, 11) is 0. The second-order valence-corrected chi connectivity index (χ2v) is 6.78. The van der Waals surface area contributed by atoms with E-state index in [1.807, 2.05) is 11.8 Å². The molecule has 1 aliphatic carbocycles. The molecule has 1 aromatic heterocycles. The van der Waals surface area contributed by atoms with Crippen LogP contribution in [0.2, 0.25) is 0 Å². The molecule has 8 heteroatoms. The average Bonchev–Trinajstić information content (AvgIpc) is 2.98. The van der Waals surface area contributed by atoms with E-state index in [0.717, 1.165) is 12.8 Å². The highest BCUT2D eigenvalue weighted by Gasteiger charge is 2.35. The molecule has 0 spiro atoms. The quantitative estimate of drug-likeness (QED) is 0.774. The molecule has 0 aliphatic heterocycles. The maximum Gasteiger partial charge on any atom is 0.317 e. The molecule has 1 aliphatic rings.